The molecule has 5 unspecified atom stereocenters. The molecule has 0 bridgehead atoms. The van der Waals surface area contributed by atoms with Crippen LogP contribution in [0.2, 0.25) is 0 Å². The van der Waals surface area contributed by atoms with Gasteiger partial charge in [-0.15, -0.1) is 0 Å². The number of fused-ring (bicyclic) bond motifs is 1. The van der Waals surface area contributed by atoms with Crippen molar-refractivity contribution < 1.29 is 0 Å². The van der Waals surface area contributed by atoms with Crippen molar-refractivity contribution in [2.24, 2.45) is 29.6 Å². The normalized spacial score (nSPS) is 44.9. The van der Waals surface area contributed by atoms with Gasteiger partial charge in [0.2, 0.25) is 0 Å². The van der Waals surface area contributed by atoms with Crippen LogP contribution in [0.4, 0.5) is 0 Å². The smallest absolute Gasteiger partial charge is 0.0140 e. The van der Waals surface area contributed by atoms with E-state index in [1.165, 1.54) is 24.8 Å². The van der Waals surface area contributed by atoms with Crippen LogP contribution in [0.3, 0.4) is 0 Å². The molecule has 1 saturated carbocycles. The summed E-state index contributed by atoms with van der Waals surface area (Å²) in [5, 5.41) is 0. The third-order valence-corrected chi connectivity index (χ3v) is 4.71. The van der Waals surface area contributed by atoms with Gasteiger partial charge in [0, 0.05) is 0 Å². The van der Waals surface area contributed by atoms with Crippen molar-refractivity contribution in [3.63, 3.8) is 0 Å². The molecular formula is C15H24. The number of allylic oxidation sites excluding steroid dienone is 3. The molecule has 84 valence electrons. The molecule has 0 aromatic carbocycles. The maximum absolute atomic E-state index is 4.21. The summed E-state index contributed by atoms with van der Waals surface area (Å²) in [4.78, 5) is 0. The van der Waals surface area contributed by atoms with Crippen molar-refractivity contribution >= 4 is 0 Å². The lowest BCUT2D eigenvalue weighted by molar-refractivity contribution is 0.217. The highest BCUT2D eigenvalue weighted by molar-refractivity contribution is 5.10. The number of hydrogen-bond donors (Lipinski definition) is 0. The van der Waals surface area contributed by atoms with Crippen molar-refractivity contribution in [3.05, 3.63) is 24.3 Å². The predicted molar refractivity (Wildman–Crippen MR) is 66.6 cm³/mol. The summed E-state index contributed by atoms with van der Waals surface area (Å²) in [6.45, 7) is 11.3. The molecule has 0 radical (unpaired) electrons. The molecule has 0 N–H and O–H groups in total. The van der Waals surface area contributed by atoms with E-state index in [2.05, 4.69) is 39.5 Å². The summed E-state index contributed by atoms with van der Waals surface area (Å²) in [5.41, 5.74) is 1.40. The highest BCUT2D eigenvalue weighted by Crippen LogP contribution is 2.49. The zero-order valence-corrected chi connectivity index (χ0v) is 10.4. The minimum atomic E-state index is 0.744. The SMILES string of the molecule is C=C(C)C1CC=CC(C)C2CCC(C)C12. The second-order valence-corrected chi connectivity index (χ2v) is 5.77. The predicted octanol–water partition coefficient (Wildman–Crippen LogP) is 4.44. The Morgan fingerprint density at radius 3 is 2.67 bits per heavy atom. The van der Waals surface area contributed by atoms with Crippen molar-refractivity contribution in [2.45, 2.75) is 40.0 Å². The van der Waals surface area contributed by atoms with E-state index in [9.17, 15) is 0 Å². The summed E-state index contributed by atoms with van der Waals surface area (Å²) in [7, 11) is 0. The van der Waals surface area contributed by atoms with Gasteiger partial charge in [-0.25, -0.2) is 0 Å². The molecule has 15 heavy (non-hydrogen) atoms. The van der Waals surface area contributed by atoms with Crippen LogP contribution in [0.15, 0.2) is 24.3 Å². The quantitative estimate of drug-likeness (QED) is 0.554. The molecule has 2 aliphatic rings. The maximum Gasteiger partial charge on any atom is -0.0140 e. The van der Waals surface area contributed by atoms with Crippen LogP contribution in [0.5, 0.6) is 0 Å². The van der Waals surface area contributed by atoms with E-state index in [4.69, 9.17) is 0 Å². The van der Waals surface area contributed by atoms with Gasteiger partial charge in [-0.2, -0.15) is 0 Å². The highest BCUT2D eigenvalue weighted by atomic mass is 14.5. The lowest BCUT2D eigenvalue weighted by Gasteiger charge is -2.31. The van der Waals surface area contributed by atoms with E-state index in [1.807, 2.05) is 0 Å². The van der Waals surface area contributed by atoms with Crippen molar-refractivity contribution in [1.82, 2.24) is 0 Å². The summed E-state index contributed by atoms with van der Waals surface area (Å²) in [6, 6.07) is 0. The minimum absolute atomic E-state index is 0.744. The monoisotopic (exact) mass is 204 g/mol. The van der Waals surface area contributed by atoms with Crippen molar-refractivity contribution in [3.8, 4) is 0 Å². The molecular weight excluding hydrogens is 180 g/mol. The van der Waals surface area contributed by atoms with Gasteiger partial charge in [0.15, 0.2) is 0 Å². The van der Waals surface area contributed by atoms with Gasteiger partial charge in [-0.05, 0) is 49.4 Å². The van der Waals surface area contributed by atoms with Gasteiger partial charge < -0.3 is 0 Å². The first kappa shape index (κ1) is 11.0. The van der Waals surface area contributed by atoms with Crippen LogP contribution in [0.25, 0.3) is 0 Å². The molecule has 0 nitrogen and oxygen atoms in total. The summed E-state index contributed by atoms with van der Waals surface area (Å²) >= 11 is 0. The molecule has 0 heteroatoms. The van der Waals surface area contributed by atoms with Crippen LogP contribution < -0.4 is 0 Å². The largest absolute Gasteiger partial charge is 0.0998 e. The molecule has 0 spiro atoms. The summed E-state index contributed by atoms with van der Waals surface area (Å²) in [5.74, 6) is 4.24. The number of rotatable bonds is 1. The second-order valence-electron chi connectivity index (χ2n) is 5.77. The highest BCUT2D eigenvalue weighted by Gasteiger charge is 2.41. The van der Waals surface area contributed by atoms with E-state index >= 15 is 0 Å². The molecule has 2 aliphatic carbocycles. The summed E-state index contributed by atoms with van der Waals surface area (Å²) < 4.78 is 0. The molecule has 0 heterocycles. The lowest BCUT2D eigenvalue weighted by Crippen LogP contribution is -2.25. The Kier molecular flexibility index (Phi) is 3.04. The van der Waals surface area contributed by atoms with E-state index < -0.39 is 0 Å². The van der Waals surface area contributed by atoms with E-state index in [0.29, 0.717) is 0 Å². The Labute approximate surface area is 94.5 Å². The Hall–Kier alpha value is -0.520. The molecule has 0 aliphatic heterocycles. The Bertz CT molecular complexity index is 274. The topological polar surface area (TPSA) is 0 Å². The zero-order chi connectivity index (χ0) is 11.0. The van der Waals surface area contributed by atoms with E-state index in [0.717, 1.165) is 29.6 Å². The molecule has 0 aromatic rings. The van der Waals surface area contributed by atoms with Crippen LogP contribution in [0.1, 0.15) is 40.0 Å². The first-order valence-corrected chi connectivity index (χ1v) is 6.43. The number of hydrogen-bond acceptors (Lipinski definition) is 0. The Morgan fingerprint density at radius 2 is 2.00 bits per heavy atom. The zero-order valence-electron chi connectivity index (χ0n) is 10.4. The van der Waals surface area contributed by atoms with Crippen LogP contribution in [0, 0.1) is 29.6 Å². The van der Waals surface area contributed by atoms with Gasteiger partial charge in [0.05, 0.1) is 0 Å². The molecule has 0 aromatic heterocycles. The molecule has 2 rings (SSSR count). The fourth-order valence-electron chi connectivity index (χ4n) is 3.84. The first-order valence-electron chi connectivity index (χ1n) is 6.43. The minimum Gasteiger partial charge on any atom is -0.0998 e. The average Bonchev–Trinajstić information content (AvgIpc) is 2.45. The van der Waals surface area contributed by atoms with Crippen LogP contribution in [-0.4, -0.2) is 0 Å². The second kappa shape index (κ2) is 4.15. The van der Waals surface area contributed by atoms with Gasteiger partial charge in [0.1, 0.15) is 0 Å². The molecule has 0 amide bonds. The lowest BCUT2D eigenvalue weighted by atomic mass is 9.73. The third kappa shape index (κ3) is 1.91. The van der Waals surface area contributed by atoms with Crippen molar-refractivity contribution in [1.29, 1.82) is 0 Å². The maximum atomic E-state index is 4.21. The molecule has 5 atom stereocenters. The Balaban J connectivity index is 2.27. The molecule has 1 fully saturated rings. The fourth-order valence-corrected chi connectivity index (χ4v) is 3.84. The van der Waals surface area contributed by atoms with Crippen LogP contribution >= 0.6 is 0 Å². The Morgan fingerprint density at radius 1 is 1.27 bits per heavy atom. The first-order chi connectivity index (χ1) is 7.11. The van der Waals surface area contributed by atoms with Gasteiger partial charge in [0.25, 0.3) is 0 Å². The van der Waals surface area contributed by atoms with E-state index in [1.54, 1.807) is 0 Å². The standard InChI is InChI=1S/C15H24/c1-10(2)13-7-5-6-11(3)14-9-8-12(4)15(13)14/h5-6,11-15H,1,7-9H2,2-4H3. The van der Waals surface area contributed by atoms with Crippen LogP contribution in [-0.2, 0) is 0 Å². The third-order valence-electron chi connectivity index (χ3n) is 4.71. The average molecular weight is 204 g/mol. The molecule has 0 saturated heterocycles. The summed E-state index contributed by atoms with van der Waals surface area (Å²) in [6.07, 6.45) is 8.93. The van der Waals surface area contributed by atoms with Gasteiger partial charge in [-0.3, -0.25) is 0 Å². The van der Waals surface area contributed by atoms with Gasteiger partial charge in [-0.1, -0.05) is 44.6 Å². The van der Waals surface area contributed by atoms with E-state index in [-0.39, 0.29) is 0 Å². The fraction of sp³-hybridized carbons (Fsp3) is 0.733. The van der Waals surface area contributed by atoms with Crippen molar-refractivity contribution in [2.75, 3.05) is 0 Å². The van der Waals surface area contributed by atoms with Gasteiger partial charge >= 0.3 is 0 Å².